The normalized spacial score (nSPS) is 22.2. The fourth-order valence-electron chi connectivity index (χ4n) is 3.12. The zero-order valence-electron chi connectivity index (χ0n) is 12.5. The molecule has 1 aliphatic carbocycles. The maximum atomic E-state index is 12.5. The number of H-pyrrole nitrogens is 1. The van der Waals surface area contributed by atoms with E-state index in [1.165, 1.54) is 6.34 Å². The summed E-state index contributed by atoms with van der Waals surface area (Å²) in [5.74, 6) is 0.746. The Hall–Kier alpha value is -2.37. The minimum Gasteiger partial charge on any atom is -0.390 e. The van der Waals surface area contributed by atoms with Crippen LogP contribution in [0.2, 0.25) is 0 Å². The van der Waals surface area contributed by atoms with Crippen molar-refractivity contribution < 1.29 is 4.79 Å². The molecule has 2 aromatic heterocycles. The van der Waals surface area contributed by atoms with Crippen LogP contribution in [-0.4, -0.2) is 28.8 Å². The van der Waals surface area contributed by atoms with E-state index in [0.717, 1.165) is 48.9 Å². The summed E-state index contributed by atoms with van der Waals surface area (Å²) < 4.78 is 0. The summed E-state index contributed by atoms with van der Waals surface area (Å²) >= 11 is 0. The van der Waals surface area contributed by atoms with Gasteiger partial charge in [-0.15, -0.1) is 0 Å². The minimum atomic E-state index is 0.0836. The van der Waals surface area contributed by atoms with Gasteiger partial charge in [0.1, 0.15) is 5.65 Å². The van der Waals surface area contributed by atoms with Crippen molar-refractivity contribution in [1.82, 2.24) is 9.97 Å². The molecule has 1 fully saturated rings. The highest BCUT2D eigenvalue weighted by Crippen LogP contribution is 2.30. The molecule has 6 heteroatoms. The van der Waals surface area contributed by atoms with Crippen molar-refractivity contribution in [3.05, 3.63) is 24.5 Å². The van der Waals surface area contributed by atoms with Gasteiger partial charge < -0.3 is 16.0 Å². The fourth-order valence-corrected chi connectivity index (χ4v) is 3.12. The van der Waals surface area contributed by atoms with E-state index in [9.17, 15) is 4.79 Å². The number of hydrogen-bond acceptors (Lipinski definition) is 3. The van der Waals surface area contributed by atoms with Crippen LogP contribution in [0, 0.1) is 11.8 Å². The monoisotopic (exact) mass is 299 g/mol. The lowest BCUT2D eigenvalue weighted by atomic mass is 9.81. The second-order valence-corrected chi connectivity index (χ2v) is 5.82. The zero-order valence-corrected chi connectivity index (χ0v) is 12.5. The van der Waals surface area contributed by atoms with Gasteiger partial charge in [0.25, 0.3) is 0 Å². The molecular formula is C16H21N5O. The first-order valence-corrected chi connectivity index (χ1v) is 7.71. The number of aromatic nitrogens is 2. The van der Waals surface area contributed by atoms with E-state index in [2.05, 4.69) is 20.3 Å². The van der Waals surface area contributed by atoms with Gasteiger partial charge in [-0.05, 0) is 43.7 Å². The van der Waals surface area contributed by atoms with E-state index < -0.39 is 0 Å². The van der Waals surface area contributed by atoms with Crippen LogP contribution < -0.4 is 11.1 Å². The summed E-state index contributed by atoms with van der Waals surface area (Å²) in [7, 11) is 0. The number of amides is 1. The number of hydrogen-bond donors (Lipinski definition) is 3. The number of rotatable bonds is 4. The third-order valence-corrected chi connectivity index (χ3v) is 4.40. The lowest BCUT2D eigenvalue weighted by molar-refractivity contribution is -0.121. The standard InChI is InChI=1S/C16H21N5O/c17-10-18-9-11-1-3-12(4-2-11)16(22)21-14-6-8-20-15-13(14)5-7-19-15/h5-8,10-12H,1-4,9H2,(H2,17,18)(H2,19,20,21,22)/t11-,12-. The lowest BCUT2D eigenvalue weighted by Gasteiger charge is -2.26. The predicted octanol–water partition coefficient (Wildman–Crippen LogP) is 2.29. The summed E-state index contributed by atoms with van der Waals surface area (Å²) in [4.78, 5) is 23.8. The molecule has 1 aliphatic rings. The smallest absolute Gasteiger partial charge is 0.227 e. The topological polar surface area (TPSA) is 96.2 Å². The molecule has 1 saturated carbocycles. The van der Waals surface area contributed by atoms with E-state index in [4.69, 9.17) is 5.73 Å². The van der Waals surface area contributed by atoms with E-state index >= 15 is 0 Å². The molecule has 6 nitrogen and oxygen atoms in total. The van der Waals surface area contributed by atoms with Gasteiger partial charge in [-0.1, -0.05) is 0 Å². The van der Waals surface area contributed by atoms with Crippen LogP contribution in [0.1, 0.15) is 25.7 Å². The van der Waals surface area contributed by atoms with Crippen LogP contribution in [0.25, 0.3) is 11.0 Å². The lowest BCUT2D eigenvalue weighted by Crippen LogP contribution is -2.28. The molecule has 0 saturated heterocycles. The van der Waals surface area contributed by atoms with E-state index in [0.29, 0.717) is 5.92 Å². The molecule has 0 radical (unpaired) electrons. The molecule has 0 unspecified atom stereocenters. The maximum absolute atomic E-state index is 12.5. The van der Waals surface area contributed by atoms with Crippen LogP contribution >= 0.6 is 0 Å². The maximum Gasteiger partial charge on any atom is 0.227 e. The summed E-state index contributed by atoms with van der Waals surface area (Å²) in [5, 5.41) is 4.00. The molecule has 0 spiro atoms. The highest BCUT2D eigenvalue weighted by atomic mass is 16.1. The van der Waals surface area contributed by atoms with E-state index in [1.807, 2.05) is 18.3 Å². The third kappa shape index (κ3) is 3.10. The average molecular weight is 299 g/mol. The van der Waals surface area contributed by atoms with Gasteiger partial charge in [0, 0.05) is 30.2 Å². The number of anilines is 1. The molecular weight excluding hydrogens is 278 g/mol. The molecule has 116 valence electrons. The summed E-state index contributed by atoms with van der Waals surface area (Å²) in [6.07, 6.45) is 8.80. The molecule has 22 heavy (non-hydrogen) atoms. The van der Waals surface area contributed by atoms with Gasteiger partial charge >= 0.3 is 0 Å². The van der Waals surface area contributed by atoms with Gasteiger partial charge in [-0.25, -0.2) is 4.98 Å². The number of nitrogens with one attached hydrogen (secondary N) is 2. The summed E-state index contributed by atoms with van der Waals surface area (Å²) in [5.41, 5.74) is 6.90. The number of carbonyl (C=O) groups is 1. The van der Waals surface area contributed by atoms with Gasteiger partial charge in [0.05, 0.1) is 12.0 Å². The van der Waals surface area contributed by atoms with Crippen molar-refractivity contribution in [2.24, 2.45) is 22.6 Å². The Morgan fingerprint density at radius 3 is 3.00 bits per heavy atom. The van der Waals surface area contributed by atoms with Crippen molar-refractivity contribution >= 4 is 29.0 Å². The Bertz CT molecular complexity index is 670. The Morgan fingerprint density at radius 2 is 2.23 bits per heavy atom. The van der Waals surface area contributed by atoms with Crippen LogP contribution in [-0.2, 0) is 4.79 Å². The van der Waals surface area contributed by atoms with Crippen molar-refractivity contribution in [2.75, 3.05) is 11.9 Å². The zero-order chi connectivity index (χ0) is 15.4. The first-order valence-electron chi connectivity index (χ1n) is 7.71. The second-order valence-electron chi connectivity index (χ2n) is 5.82. The number of pyridine rings is 1. The molecule has 2 aromatic rings. The molecule has 0 aromatic carbocycles. The first kappa shape index (κ1) is 14.6. The van der Waals surface area contributed by atoms with Crippen LogP contribution in [0.3, 0.4) is 0 Å². The Kier molecular flexibility index (Phi) is 4.37. The fraction of sp³-hybridized carbons (Fsp3) is 0.438. The number of aliphatic imine (C=N–C) groups is 1. The third-order valence-electron chi connectivity index (χ3n) is 4.40. The van der Waals surface area contributed by atoms with Gasteiger partial charge in [0.15, 0.2) is 0 Å². The predicted molar refractivity (Wildman–Crippen MR) is 87.7 cm³/mol. The number of carbonyl (C=O) groups excluding carboxylic acids is 1. The van der Waals surface area contributed by atoms with Crippen molar-refractivity contribution in [3.63, 3.8) is 0 Å². The van der Waals surface area contributed by atoms with Gasteiger partial charge in [-0.3, -0.25) is 9.79 Å². The first-order chi connectivity index (χ1) is 10.8. The van der Waals surface area contributed by atoms with Gasteiger partial charge in [-0.2, -0.15) is 0 Å². The summed E-state index contributed by atoms with van der Waals surface area (Å²) in [6, 6.07) is 3.77. The molecule has 3 rings (SSSR count). The Labute approximate surface area is 129 Å². The van der Waals surface area contributed by atoms with Crippen LogP contribution in [0.5, 0.6) is 0 Å². The number of fused-ring (bicyclic) bond motifs is 1. The Morgan fingerprint density at radius 1 is 1.41 bits per heavy atom. The molecule has 4 N–H and O–H groups in total. The summed E-state index contributed by atoms with van der Waals surface area (Å²) in [6.45, 7) is 0.777. The average Bonchev–Trinajstić information content (AvgIpc) is 3.03. The highest BCUT2D eigenvalue weighted by Gasteiger charge is 2.26. The number of aromatic amines is 1. The van der Waals surface area contributed by atoms with Crippen molar-refractivity contribution in [1.29, 1.82) is 0 Å². The van der Waals surface area contributed by atoms with E-state index in [-0.39, 0.29) is 11.8 Å². The molecule has 1 amide bonds. The molecule has 0 bridgehead atoms. The van der Waals surface area contributed by atoms with Crippen molar-refractivity contribution in [2.45, 2.75) is 25.7 Å². The molecule has 2 heterocycles. The highest BCUT2D eigenvalue weighted by molar-refractivity contribution is 6.00. The SMILES string of the molecule is NC=NC[C@H]1CC[C@H](C(=O)Nc2ccnc3[nH]ccc23)CC1. The number of nitrogens with zero attached hydrogens (tertiary/aromatic N) is 2. The quantitative estimate of drug-likeness (QED) is 0.597. The largest absolute Gasteiger partial charge is 0.390 e. The van der Waals surface area contributed by atoms with Crippen molar-refractivity contribution in [3.8, 4) is 0 Å². The number of nitrogens with two attached hydrogens (primary N) is 1. The van der Waals surface area contributed by atoms with Gasteiger partial charge in [0.2, 0.25) is 5.91 Å². The second kappa shape index (κ2) is 6.60. The molecule has 0 aliphatic heterocycles. The van der Waals surface area contributed by atoms with Crippen LogP contribution in [0.15, 0.2) is 29.5 Å². The Balaban J connectivity index is 1.60. The van der Waals surface area contributed by atoms with Crippen LogP contribution in [0.4, 0.5) is 5.69 Å². The molecule has 0 atom stereocenters. The van der Waals surface area contributed by atoms with E-state index in [1.54, 1.807) is 6.20 Å². The minimum absolute atomic E-state index is 0.0836.